The van der Waals surface area contributed by atoms with E-state index in [2.05, 4.69) is 9.84 Å². The Labute approximate surface area is 89.3 Å². The number of hydrogen-bond acceptors (Lipinski definition) is 4. The highest BCUT2D eigenvalue weighted by atomic mass is 31.2. The van der Waals surface area contributed by atoms with Gasteiger partial charge in [-0.3, -0.25) is 14.6 Å². The van der Waals surface area contributed by atoms with Gasteiger partial charge in [0.05, 0.1) is 0 Å². The van der Waals surface area contributed by atoms with Crippen LogP contribution in [0.5, 0.6) is 0 Å². The molecule has 0 aromatic carbocycles. The van der Waals surface area contributed by atoms with E-state index >= 15 is 0 Å². The summed E-state index contributed by atoms with van der Waals surface area (Å²) in [4.78, 5) is 27.8. The SMILES string of the molecule is CCC(C)(CCC(=O)OP(=O)(O)O)NC. The summed E-state index contributed by atoms with van der Waals surface area (Å²) in [7, 11) is -2.92. The first-order valence-corrected chi connectivity index (χ1v) is 6.22. The summed E-state index contributed by atoms with van der Waals surface area (Å²) in [6.07, 6.45) is 1.27. The molecular weight excluding hydrogens is 221 g/mol. The molecule has 0 aromatic rings. The molecule has 0 saturated heterocycles. The zero-order valence-electron chi connectivity index (χ0n) is 9.19. The second-order valence-corrected chi connectivity index (χ2v) is 4.78. The van der Waals surface area contributed by atoms with E-state index < -0.39 is 13.8 Å². The molecule has 3 N–H and O–H groups in total. The van der Waals surface area contributed by atoms with Crippen molar-refractivity contribution in [2.45, 2.75) is 38.6 Å². The van der Waals surface area contributed by atoms with Crippen LogP contribution in [0.4, 0.5) is 0 Å². The quantitative estimate of drug-likeness (QED) is 0.593. The van der Waals surface area contributed by atoms with Gasteiger partial charge >= 0.3 is 13.8 Å². The molecule has 15 heavy (non-hydrogen) atoms. The fraction of sp³-hybridized carbons (Fsp3) is 0.875. The monoisotopic (exact) mass is 239 g/mol. The summed E-state index contributed by atoms with van der Waals surface area (Å²) in [5, 5.41) is 3.04. The molecule has 0 amide bonds. The lowest BCUT2D eigenvalue weighted by Crippen LogP contribution is -2.39. The van der Waals surface area contributed by atoms with Gasteiger partial charge in [-0.1, -0.05) is 6.92 Å². The molecule has 1 atom stereocenters. The third kappa shape index (κ3) is 6.62. The highest BCUT2D eigenvalue weighted by Gasteiger charge is 2.24. The second kappa shape index (κ2) is 5.61. The molecule has 0 heterocycles. The summed E-state index contributed by atoms with van der Waals surface area (Å²) in [6, 6.07) is 0. The molecule has 1 unspecified atom stereocenters. The topological polar surface area (TPSA) is 95.9 Å². The first-order chi connectivity index (χ1) is 6.72. The average Bonchev–Trinajstić information content (AvgIpc) is 2.12. The molecule has 0 aliphatic carbocycles. The number of nitrogens with one attached hydrogen (secondary N) is 1. The van der Waals surface area contributed by atoms with Crippen LogP contribution in [0.3, 0.4) is 0 Å². The van der Waals surface area contributed by atoms with Gasteiger partial charge in [-0.25, -0.2) is 4.57 Å². The molecule has 0 fully saturated rings. The Morgan fingerprint density at radius 3 is 2.40 bits per heavy atom. The van der Waals surface area contributed by atoms with E-state index in [0.29, 0.717) is 6.42 Å². The van der Waals surface area contributed by atoms with Crippen molar-refractivity contribution in [3.05, 3.63) is 0 Å². The van der Waals surface area contributed by atoms with E-state index in [-0.39, 0.29) is 12.0 Å². The lowest BCUT2D eigenvalue weighted by Gasteiger charge is -2.27. The van der Waals surface area contributed by atoms with Crippen molar-refractivity contribution in [2.24, 2.45) is 0 Å². The number of phosphoric acid groups is 1. The van der Waals surface area contributed by atoms with Gasteiger partial charge in [0.15, 0.2) is 0 Å². The summed E-state index contributed by atoms with van der Waals surface area (Å²) in [5.74, 6) is -0.877. The Hall–Kier alpha value is -0.420. The maximum atomic E-state index is 11.0. The van der Waals surface area contributed by atoms with Crippen molar-refractivity contribution in [1.82, 2.24) is 5.32 Å². The molecule has 0 spiro atoms. The zero-order chi connectivity index (χ0) is 12.1. The predicted octanol–water partition coefficient (Wildman–Crippen LogP) is 0.791. The average molecular weight is 239 g/mol. The molecule has 7 heteroatoms. The Bertz CT molecular complexity index is 258. The van der Waals surface area contributed by atoms with Crippen LogP contribution in [0.1, 0.15) is 33.1 Å². The largest absolute Gasteiger partial charge is 0.526 e. The molecular formula is C8H18NO5P. The minimum atomic E-state index is -4.69. The van der Waals surface area contributed by atoms with Gasteiger partial charge in [0.1, 0.15) is 0 Å². The van der Waals surface area contributed by atoms with Crippen LogP contribution in [0.2, 0.25) is 0 Å². The summed E-state index contributed by atoms with van der Waals surface area (Å²) in [5.41, 5.74) is -0.214. The van der Waals surface area contributed by atoms with Gasteiger partial charge in [0, 0.05) is 12.0 Å². The Kier molecular flexibility index (Phi) is 5.45. The van der Waals surface area contributed by atoms with Crippen molar-refractivity contribution in [3.63, 3.8) is 0 Å². The lowest BCUT2D eigenvalue weighted by molar-refractivity contribution is -0.136. The number of phosphoric ester groups is 1. The van der Waals surface area contributed by atoms with Crippen molar-refractivity contribution in [2.75, 3.05) is 7.05 Å². The molecule has 0 aliphatic heterocycles. The Balaban J connectivity index is 4.06. The zero-order valence-corrected chi connectivity index (χ0v) is 10.1. The number of rotatable bonds is 6. The molecule has 0 aliphatic rings. The van der Waals surface area contributed by atoms with Crippen LogP contribution in [0.25, 0.3) is 0 Å². The maximum Gasteiger partial charge on any atom is 0.526 e. The van der Waals surface area contributed by atoms with E-state index in [1.165, 1.54) is 0 Å². The van der Waals surface area contributed by atoms with Crippen molar-refractivity contribution >= 4 is 13.8 Å². The van der Waals surface area contributed by atoms with Crippen LogP contribution in [0.15, 0.2) is 0 Å². The lowest BCUT2D eigenvalue weighted by atomic mass is 9.93. The van der Waals surface area contributed by atoms with Crippen LogP contribution >= 0.6 is 7.82 Å². The van der Waals surface area contributed by atoms with Crippen LogP contribution in [0, 0.1) is 0 Å². The van der Waals surface area contributed by atoms with Crippen LogP contribution < -0.4 is 5.32 Å². The minimum Gasteiger partial charge on any atom is -0.371 e. The highest BCUT2D eigenvalue weighted by molar-refractivity contribution is 7.46. The summed E-state index contributed by atoms with van der Waals surface area (Å²) < 4.78 is 14.3. The van der Waals surface area contributed by atoms with E-state index in [9.17, 15) is 9.36 Å². The van der Waals surface area contributed by atoms with Gasteiger partial charge in [-0.15, -0.1) is 0 Å². The molecule has 0 rings (SSSR count). The number of hydrogen-bond donors (Lipinski definition) is 3. The van der Waals surface area contributed by atoms with Gasteiger partial charge in [-0.05, 0) is 26.8 Å². The smallest absolute Gasteiger partial charge is 0.371 e. The number of carbonyl (C=O) groups excluding carboxylic acids is 1. The standard InChI is InChI=1S/C8H18NO5P/c1-4-8(2,9-3)6-5-7(10)14-15(11,12)13/h9H,4-6H2,1-3H3,(H2,11,12,13). The third-order valence-corrected chi connectivity index (χ3v) is 2.93. The fourth-order valence-corrected chi connectivity index (χ4v) is 1.39. The fourth-order valence-electron chi connectivity index (χ4n) is 1.03. The minimum absolute atomic E-state index is 0.0176. The molecule has 0 bridgehead atoms. The van der Waals surface area contributed by atoms with E-state index in [4.69, 9.17) is 9.79 Å². The summed E-state index contributed by atoms with van der Waals surface area (Å²) in [6.45, 7) is 3.89. The predicted molar refractivity (Wildman–Crippen MR) is 55.1 cm³/mol. The Morgan fingerprint density at radius 1 is 1.53 bits per heavy atom. The first-order valence-electron chi connectivity index (χ1n) is 4.69. The van der Waals surface area contributed by atoms with Crippen molar-refractivity contribution in [3.8, 4) is 0 Å². The molecule has 0 aromatic heterocycles. The van der Waals surface area contributed by atoms with Crippen LogP contribution in [-0.2, 0) is 13.9 Å². The van der Waals surface area contributed by atoms with Gasteiger partial charge in [0.25, 0.3) is 0 Å². The van der Waals surface area contributed by atoms with Gasteiger partial charge in [-0.2, -0.15) is 0 Å². The third-order valence-electron chi connectivity index (χ3n) is 2.49. The van der Waals surface area contributed by atoms with E-state index in [0.717, 1.165) is 6.42 Å². The van der Waals surface area contributed by atoms with E-state index in [1.807, 2.05) is 13.8 Å². The highest BCUT2D eigenvalue weighted by Crippen LogP contribution is 2.36. The van der Waals surface area contributed by atoms with Crippen molar-refractivity contribution in [1.29, 1.82) is 0 Å². The molecule has 0 radical (unpaired) electrons. The molecule has 6 nitrogen and oxygen atoms in total. The van der Waals surface area contributed by atoms with Gasteiger partial charge in [0.2, 0.25) is 0 Å². The van der Waals surface area contributed by atoms with Crippen LogP contribution in [-0.4, -0.2) is 28.3 Å². The second-order valence-electron chi connectivity index (χ2n) is 3.62. The van der Waals surface area contributed by atoms with E-state index in [1.54, 1.807) is 7.05 Å². The first kappa shape index (κ1) is 14.6. The Morgan fingerprint density at radius 2 is 2.07 bits per heavy atom. The normalized spacial score (nSPS) is 15.8. The molecule has 90 valence electrons. The summed E-state index contributed by atoms with van der Waals surface area (Å²) >= 11 is 0. The number of carbonyl (C=O) groups is 1. The molecule has 0 saturated carbocycles. The van der Waals surface area contributed by atoms with Crippen molar-refractivity contribution < 1.29 is 23.7 Å². The maximum absolute atomic E-state index is 11.0. The van der Waals surface area contributed by atoms with Gasteiger partial charge < -0.3 is 9.84 Å².